The predicted octanol–water partition coefficient (Wildman–Crippen LogP) is 4.17. The summed E-state index contributed by atoms with van der Waals surface area (Å²) in [7, 11) is -3.64. The summed E-state index contributed by atoms with van der Waals surface area (Å²) in [5.74, 6) is 2.02. The lowest BCUT2D eigenvalue weighted by atomic mass is 9.53. The lowest BCUT2D eigenvalue weighted by molar-refractivity contribution is -0.390. The van der Waals surface area contributed by atoms with Crippen LogP contribution in [0.15, 0.2) is 33.6 Å². The molecule has 2 heterocycles. The molecule has 8 heteroatoms. The van der Waals surface area contributed by atoms with Crippen molar-refractivity contribution in [1.82, 2.24) is 0 Å². The van der Waals surface area contributed by atoms with Crippen LogP contribution >= 0.6 is 0 Å². The molecule has 0 amide bonds. The van der Waals surface area contributed by atoms with Crippen LogP contribution in [0.1, 0.15) is 63.4 Å². The normalized spacial score (nSPS) is 45.4. The molecule has 7 nitrogen and oxygen atoms in total. The summed E-state index contributed by atoms with van der Waals surface area (Å²) in [5, 5.41) is 0. The maximum Gasteiger partial charge on any atom is 0.286 e. The second-order valence-electron chi connectivity index (χ2n) is 10.8. The number of hydrogen-bond acceptors (Lipinski definition) is 6. The highest BCUT2D eigenvalue weighted by molar-refractivity contribution is 7.90. The summed E-state index contributed by atoms with van der Waals surface area (Å²) in [5.41, 5.74) is 0.555. The van der Waals surface area contributed by atoms with Crippen LogP contribution in [0.3, 0.4) is 0 Å². The molecule has 5 aliphatic carbocycles. The van der Waals surface area contributed by atoms with Gasteiger partial charge in [-0.05, 0) is 74.8 Å². The SMILES string of the molecule is O=S1(=O)N=C(OCC2CCC3(CC2)OOC2(O3)C3CC4CC(C3)CC2C4)c2ccccc21. The van der Waals surface area contributed by atoms with Gasteiger partial charge in [0, 0.05) is 24.7 Å². The monoisotopic (exact) mass is 459 g/mol. The first-order chi connectivity index (χ1) is 15.4. The molecule has 7 aliphatic rings. The number of nitrogens with zero attached hydrogens (tertiary/aromatic N) is 1. The summed E-state index contributed by atoms with van der Waals surface area (Å²) in [6.07, 6.45) is 9.60. The second kappa shape index (κ2) is 6.78. The average Bonchev–Trinajstić information content (AvgIpc) is 3.28. The van der Waals surface area contributed by atoms with E-state index in [1.165, 1.54) is 32.1 Å². The first-order valence-corrected chi connectivity index (χ1v) is 13.5. The molecule has 2 spiro atoms. The molecule has 32 heavy (non-hydrogen) atoms. The van der Waals surface area contributed by atoms with Crippen LogP contribution < -0.4 is 0 Å². The Morgan fingerprint density at radius 2 is 1.66 bits per heavy atom. The van der Waals surface area contributed by atoms with Gasteiger partial charge < -0.3 is 9.47 Å². The average molecular weight is 460 g/mol. The van der Waals surface area contributed by atoms with Gasteiger partial charge in [-0.25, -0.2) is 0 Å². The maximum absolute atomic E-state index is 12.2. The molecular formula is C24H29NO6S. The molecule has 1 aromatic carbocycles. The molecule has 0 unspecified atom stereocenters. The van der Waals surface area contributed by atoms with Gasteiger partial charge in [-0.3, -0.25) is 0 Å². The molecule has 0 atom stereocenters. The number of sulfonamides is 1. The van der Waals surface area contributed by atoms with Gasteiger partial charge >= 0.3 is 0 Å². The molecule has 4 bridgehead atoms. The van der Waals surface area contributed by atoms with Gasteiger partial charge in [-0.15, -0.1) is 4.40 Å². The van der Waals surface area contributed by atoms with Gasteiger partial charge in [-0.2, -0.15) is 18.2 Å². The summed E-state index contributed by atoms with van der Waals surface area (Å²) >= 11 is 0. The van der Waals surface area contributed by atoms with Crippen LogP contribution in [0.5, 0.6) is 0 Å². The van der Waals surface area contributed by atoms with E-state index in [-0.39, 0.29) is 10.8 Å². The highest BCUT2D eigenvalue weighted by Gasteiger charge is 2.66. The molecule has 2 aliphatic heterocycles. The Hall–Kier alpha value is -1.48. The summed E-state index contributed by atoms with van der Waals surface area (Å²) in [6, 6.07) is 6.83. The van der Waals surface area contributed by atoms with Crippen LogP contribution in [0.2, 0.25) is 0 Å². The zero-order valence-electron chi connectivity index (χ0n) is 18.1. The van der Waals surface area contributed by atoms with Crippen LogP contribution in [-0.4, -0.2) is 32.5 Å². The molecule has 1 aromatic rings. The van der Waals surface area contributed by atoms with E-state index < -0.39 is 21.6 Å². The van der Waals surface area contributed by atoms with Crippen LogP contribution in [0.25, 0.3) is 0 Å². The topological polar surface area (TPSA) is 83.4 Å². The molecule has 5 saturated carbocycles. The van der Waals surface area contributed by atoms with Gasteiger partial charge in [-0.1, -0.05) is 12.1 Å². The molecule has 0 N–H and O–H groups in total. The Morgan fingerprint density at radius 3 is 2.38 bits per heavy atom. The van der Waals surface area contributed by atoms with E-state index in [4.69, 9.17) is 19.2 Å². The van der Waals surface area contributed by atoms with Crippen molar-refractivity contribution < 1.29 is 27.7 Å². The Kier molecular flexibility index (Phi) is 4.22. The Labute approximate surface area is 188 Å². The first-order valence-electron chi connectivity index (χ1n) is 12.1. The summed E-state index contributed by atoms with van der Waals surface area (Å²) in [6.45, 7) is 0.444. The van der Waals surface area contributed by atoms with Crippen molar-refractivity contribution in [3.8, 4) is 0 Å². The lowest BCUT2D eigenvalue weighted by Gasteiger charge is -2.57. The van der Waals surface area contributed by atoms with Crippen molar-refractivity contribution >= 4 is 15.9 Å². The van der Waals surface area contributed by atoms with Crippen LogP contribution in [0.4, 0.5) is 0 Å². The fraction of sp³-hybridized carbons (Fsp3) is 0.708. The van der Waals surface area contributed by atoms with Gasteiger partial charge in [0.1, 0.15) is 4.90 Å². The zero-order valence-corrected chi connectivity index (χ0v) is 18.9. The Bertz CT molecular complexity index is 1050. The quantitative estimate of drug-likeness (QED) is 0.618. The van der Waals surface area contributed by atoms with E-state index in [0.717, 1.165) is 37.5 Å². The Balaban J connectivity index is 0.997. The van der Waals surface area contributed by atoms with E-state index in [0.29, 0.717) is 29.9 Å². The minimum absolute atomic E-state index is 0.213. The smallest absolute Gasteiger partial charge is 0.286 e. The van der Waals surface area contributed by atoms with E-state index in [9.17, 15) is 8.42 Å². The summed E-state index contributed by atoms with van der Waals surface area (Å²) < 4.78 is 41.0. The number of benzene rings is 1. The third kappa shape index (κ3) is 2.89. The van der Waals surface area contributed by atoms with Crippen molar-refractivity contribution in [3.05, 3.63) is 29.8 Å². The van der Waals surface area contributed by atoms with E-state index in [1.54, 1.807) is 24.3 Å². The van der Waals surface area contributed by atoms with E-state index in [1.807, 2.05) is 0 Å². The Morgan fingerprint density at radius 1 is 0.969 bits per heavy atom. The fourth-order valence-corrected chi connectivity index (χ4v) is 8.61. The highest BCUT2D eigenvalue weighted by atomic mass is 32.2. The van der Waals surface area contributed by atoms with Crippen molar-refractivity contribution in [1.29, 1.82) is 0 Å². The third-order valence-electron chi connectivity index (χ3n) is 8.87. The minimum Gasteiger partial charge on any atom is -0.476 e. The number of rotatable bonds is 2. The van der Waals surface area contributed by atoms with Gasteiger partial charge in [0.15, 0.2) is 0 Å². The largest absolute Gasteiger partial charge is 0.476 e. The van der Waals surface area contributed by atoms with E-state index in [2.05, 4.69) is 4.40 Å². The van der Waals surface area contributed by atoms with E-state index >= 15 is 0 Å². The van der Waals surface area contributed by atoms with Gasteiger partial charge in [0.2, 0.25) is 17.5 Å². The molecule has 0 radical (unpaired) electrons. The highest BCUT2D eigenvalue weighted by Crippen LogP contribution is 2.63. The molecule has 6 fully saturated rings. The molecule has 1 saturated heterocycles. The fourth-order valence-electron chi connectivity index (χ4n) is 7.46. The van der Waals surface area contributed by atoms with Crippen molar-refractivity contribution in [2.45, 2.75) is 74.3 Å². The van der Waals surface area contributed by atoms with Crippen molar-refractivity contribution in [2.24, 2.45) is 34.0 Å². The maximum atomic E-state index is 12.2. The minimum atomic E-state index is -3.64. The van der Waals surface area contributed by atoms with Crippen molar-refractivity contribution in [2.75, 3.05) is 6.61 Å². The van der Waals surface area contributed by atoms with Gasteiger partial charge in [0.05, 0.1) is 12.2 Å². The predicted molar refractivity (Wildman–Crippen MR) is 114 cm³/mol. The number of ether oxygens (including phenoxy) is 2. The lowest BCUT2D eigenvalue weighted by Crippen LogP contribution is -2.59. The van der Waals surface area contributed by atoms with Crippen molar-refractivity contribution in [3.63, 3.8) is 0 Å². The molecule has 0 aromatic heterocycles. The summed E-state index contributed by atoms with van der Waals surface area (Å²) in [4.78, 5) is 12.3. The van der Waals surface area contributed by atoms with Gasteiger partial charge in [0.25, 0.3) is 10.0 Å². The number of fused-ring (bicyclic) bond motifs is 1. The number of hydrogen-bond donors (Lipinski definition) is 0. The third-order valence-corrected chi connectivity index (χ3v) is 10.2. The molecular weight excluding hydrogens is 430 g/mol. The first kappa shape index (κ1) is 19.9. The standard InChI is InChI=1S/C24H29NO6S/c26-32(27)21-4-2-1-3-20(21)22(25-32)28-14-15-5-7-23(8-6-15)29-24(31-30-23)18-10-16-9-17(12-18)13-19(24)11-16/h1-4,15-19H,5-14H2. The van der Waals surface area contributed by atoms with Crippen LogP contribution in [-0.2, 0) is 29.3 Å². The van der Waals surface area contributed by atoms with Crippen LogP contribution in [0, 0.1) is 29.6 Å². The molecule has 172 valence electrons. The molecule has 8 rings (SSSR count). The zero-order chi connectivity index (χ0) is 21.6. The second-order valence-corrected chi connectivity index (χ2v) is 12.4.